The minimum Gasteiger partial charge on any atom is -0.329 e. The van der Waals surface area contributed by atoms with Gasteiger partial charge in [-0.15, -0.1) is 0 Å². The highest BCUT2D eigenvalue weighted by Crippen LogP contribution is 2.23. The van der Waals surface area contributed by atoms with E-state index in [1.54, 1.807) is 0 Å². The van der Waals surface area contributed by atoms with Gasteiger partial charge in [-0.1, -0.05) is 30.7 Å². The highest BCUT2D eigenvalue weighted by Gasteiger charge is 2.22. The largest absolute Gasteiger partial charge is 0.329 e. The molecule has 0 aliphatic rings. The first-order chi connectivity index (χ1) is 8.99. The maximum atomic E-state index is 6.00. The molecule has 0 fully saturated rings. The van der Waals surface area contributed by atoms with E-state index in [1.165, 1.54) is 5.56 Å². The van der Waals surface area contributed by atoms with Crippen LogP contribution in [0.1, 0.15) is 25.5 Å². The van der Waals surface area contributed by atoms with Crippen molar-refractivity contribution in [2.75, 3.05) is 33.7 Å². The zero-order valence-corrected chi connectivity index (χ0v) is 13.2. The molecule has 1 rings (SSSR count). The summed E-state index contributed by atoms with van der Waals surface area (Å²) in [6, 6.07) is 8.73. The molecule has 0 aromatic heterocycles. The molecule has 0 saturated carbocycles. The Labute approximate surface area is 122 Å². The fourth-order valence-electron chi connectivity index (χ4n) is 2.62. The first kappa shape index (κ1) is 16.4. The number of benzene rings is 1. The van der Waals surface area contributed by atoms with Crippen molar-refractivity contribution >= 4 is 11.6 Å². The maximum absolute atomic E-state index is 6.00. The molecule has 108 valence electrons. The second-order valence-electron chi connectivity index (χ2n) is 5.24. The molecule has 0 saturated heterocycles. The lowest BCUT2D eigenvalue weighted by Gasteiger charge is -2.36. The van der Waals surface area contributed by atoms with Gasteiger partial charge in [0.05, 0.1) is 0 Å². The first-order valence-electron chi connectivity index (χ1n) is 6.85. The maximum Gasteiger partial charge on any atom is 0.0473 e. The summed E-state index contributed by atoms with van der Waals surface area (Å²) in [5.41, 5.74) is 7.24. The van der Waals surface area contributed by atoms with Crippen LogP contribution in [0.3, 0.4) is 0 Å². The Morgan fingerprint density at radius 3 is 2.21 bits per heavy atom. The third-order valence-electron chi connectivity index (χ3n) is 3.44. The van der Waals surface area contributed by atoms with Gasteiger partial charge in [0, 0.05) is 30.2 Å². The van der Waals surface area contributed by atoms with Crippen molar-refractivity contribution in [1.29, 1.82) is 0 Å². The van der Waals surface area contributed by atoms with E-state index in [4.69, 9.17) is 17.3 Å². The van der Waals surface area contributed by atoms with Crippen LogP contribution >= 0.6 is 11.6 Å². The molecular formula is C15H26ClN3. The van der Waals surface area contributed by atoms with Crippen LogP contribution in [0.25, 0.3) is 0 Å². The van der Waals surface area contributed by atoms with E-state index in [1.807, 2.05) is 12.1 Å². The lowest BCUT2D eigenvalue weighted by Crippen LogP contribution is -2.44. The molecule has 0 radical (unpaired) electrons. The number of rotatable bonds is 7. The van der Waals surface area contributed by atoms with Crippen molar-refractivity contribution in [3.8, 4) is 0 Å². The average molecular weight is 284 g/mol. The zero-order chi connectivity index (χ0) is 14.4. The van der Waals surface area contributed by atoms with E-state index in [0.29, 0.717) is 12.6 Å². The van der Waals surface area contributed by atoms with Gasteiger partial charge in [-0.2, -0.15) is 0 Å². The van der Waals surface area contributed by atoms with Crippen LogP contribution in [-0.4, -0.2) is 49.6 Å². The highest BCUT2D eigenvalue weighted by atomic mass is 35.5. The predicted molar refractivity (Wildman–Crippen MR) is 83.6 cm³/mol. The average Bonchev–Trinajstić information content (AvgIpc) is 2.36. The lowest BCUT2D eigenvalue weighted by atomic mass is 10.0. The van der Waals surface area contributed by atoms with E-state index < -0.39 is 0 Å². The SMILES string of the molecule is CCN(C(C)CN(C)C)C(CN)c1ccc(Cl)cc1. The Hall–Kier alpha value is -0.610. The van der Waals surface area contributed by atoms with Gasteiger partial charge < -0.3 is 10.6 Å². The van der Waals surface area contributed by atoms with Crippen molar-refractivity contribution < 1.29 is 0 Å². The molecule has 0 spiro atoms. The van der Waals surface area contributed by atoms with Gasteiger partial charge in [-0.3, -0.25) is 4.90 Å². The van der Waals surface area contributed by atoms with Crippen LogP contribution in [0.4, 0.5) is 0 Å². The second-order valence-corrected chi connectivity index (χ2v) is 5.68. The minimum absolute atomic E-state index is 0.247. The quantitative estimate of drug-likeness (QED) is 0.835. The molecule has 0 amide bonds. The van der Waals surface area contributed by atoms with E-state index in [-0.39, 0.29) is 6.04 Å². The van der Waals surface area contributed by atoms with Crippen molar-refractivity contribution in [2.24, 2.45) is 5.73 Å². The van der Waals surface area contributed by atoms with E-state index in [9.17, 15) is 0 Å². The molecule has 19 heavy (non-hydrogen) atoms. The minimum atomic E-state index is 0.247. The standard InChI is InChI=1S/C15H26ClN3/c1-5-19(12(2)11-18(3)4)15(10-17)13-6-8-14(16)9-7-13/h6-9,12,15H,5,10-11,17H2,1-4H3. The third-order valence-corrected chi connectivity index (χ3v) is 3.69. The third kappa shape index (κ3) is 4.77. The Balaban J connectivity index is 2.88. The van der Waals surface area contributed by atoms with Gasteiger partial charge >= 0.3 is 0 Å². The fourth-order valence-corrected chi connectivity index (χ4v) is 2.75. The first-order valence-corrected chi connectivity index (χ1v) is 7.23. The molecule has 1 aromatic rings. The van der Waals surface area contributed by atoms with Crippen LogP contribution in [0.2, 0.25) is 5.02 Å². The van der Waals surface area contributed by atoms with Crippen molar-refractivity contribution in [3.63, 3.8) is 0 Å². The molecule has 1 aromatic carbocycles. The number of nitrogens with zero attached hydrogens (tertiary/aromatic N) is 2. The number of hydrogen-bond acceptors (Lipinski definition) is 3. The monoisotopic (exact) mass is 283 g/mol. The smallest absolute Gasteiger partial charge is 0.0473 e. The van der Waals surface area contributed by atoms with Crippen LogP contribution in [0, 0.1) is 0 Å². The zero-order valence-electron chi connectivity index (χ0n) is 12.4. The molecule has 0 bridgehead atoms. The van der Waals surface area contributed by atoms with E-state index in [0.717, 1.165) is 18.1 Å². The van der Waals surface area contributed by atoms with Crippen molar-refractivity contribution in [3.05, 3.63) is 34.9 Å². The summed E-state index contributed by atoms with van der Waals surface area (Å²) in [6.45, 7) is 7.07. The van der Waals surface area contributed by atoms with Gasteiger partial charge in [-0.25, -0.2) is 0 Å². The number of likely N-dealkylation sites (N-methyl/N-ethyl adjacent to an activating group) is 2. The number of halogens is 1. The van der Waals surface area contributed by atoms with Gasteiger partial charge in [0.25, 0.3) is 0 Å². The van der Waals surface area contributed by atoms with Gasteiger partial charge in [0.15, 0.2) is 0 Å². The molecule has 2 N–H and O–H groups in total. The van der Waals surface area contributed by atoms with E-state index >= 15 is 0 Å². The fraction of sp³-hybridized carbons (Fsp3) is 0.600. The Bertz CT molecular complexity index is 364. The van der Waals surface area contributed by atoms with Gasteiger partial charge in [-0.05, 0) is 45.3 Å². The Kier molecular flexibility index (Phi) is 6.80. The summed E-state index contributed by atoms with van der Waals surface area (Å²) < 4.78 is 0. The lowest BCUT2D eigenvalue weighted by molar-refractivity contribution is 0.131. The molecular weight excluding hydrogens is 258 g/mol. The molecule has 0 heterocycles. The summed E-state index contributed by atoms with van der Waals surface area (Å²) in [6.07, 6.45) is 0. The van der Waals surface area contributed by atoms with Crippen LogP contribution in [-0.2, 0) is 0 Å². The summed E-state index contributed by atoms with van der Waals surface area (Å²) in [5.74, 6) is 0. The topological polar surface area (TPSA) is 32.5 Å². The summed E-state index contributed by atoms with van der Waals surface area (Å²) >= 11 is 5.95. The molecule has 4 heteroatoms. The predicted octanol–water partition coefficient (Wildman–Crippen LogP) is 2.61. The number of nitrogens with two attached hydrogens (primary N) is 1. The van der Waals surface area contributed by atoms with Gasteiger partial charge in [0.2, 0.25) is 0 Å². The van der Waals surface area contributed by atoms with Gasteiger partial charge in [0.1, 0.15) is 0 Å². The highest BCUT2D eigenvalue weighted by molar-refractivity contribution is 6.30. The molecule has 0 aliphatic carbocycles. The van der Waals surface area contributed by atoms with Crippen LogP contribution in [0.15, 0.2) is 24.3 Å². The molecule has 0 aliphatic heterocycles. The van der Waals surface area contributed by atoms with Crippen LogP contribution < -0.4 is 5.73 Å². The normalized spacial score (nSPS) is 14.9. The summed E-state index contributed by atoms with van der Waals surface area (Å²) in [4.78, 5) is 4.66. The molecule has 2 unspecified atom stereocenters. The molecule has 3 nitrogen and oxygen atoms in total. The van der Waals surface area contributed by atoms with E-state index in [2.05, 4.69) is 49.9 Å². The second kappa shape index (κ2) is 7.85. The Morgan fingerprint density at radius 2 is 1.79 bits per heavy atom. The van der Waals surface area contributed by atoms with Crippen LogP contribution in [0.5, 0.6) is 0 Å². The summed E-state index contributed by atoms with van der Waals surface area (Å²) in [5, 5.41) is 0.768. The Morgan fingerprint density at radius 1 is 1.21 bits per heavy atom. The summed E-state index contributed by atoms with van der Waals surface area (Å²) in [7, 11) is 4.20. The number of hydrogen-bond donors (Lipinski definition) is 1. The van der Waals surface area contributed by atoms with Crippen molar-refractivity contribution in [1.82, 2.24) is 9.80 Å². The van der Waals surface area contributed by atoms with Crippen molar-refractivity contribution in [2.45, 2.75) is 25.9 Å². The molecule has 2 atom stereocenters.